The lowest BCUT2D eigenvalue weighted by Crippen LogP contribution is -2.22. The van der Waals surface area contributed by atoms with Gasteiger partial charge >= 0.3 is 0 Å². The zero-order chi connectivity index (χ0) is 13.4. The number of hydrogen-bond donors (Lipinski definition) is 1. The molecule has 1 aromatic carbocycles. The van der Waals surface area contributed by atoms with Crippen molar-refractivity contribution in [2.24, 2.45) is 0 Å². The van der Waals surface area contributed by atoms with Gasteiger partial charge < -0.3 is 9.88 Å². The molecule has 2 unspecified atom stereocenters. The van der Waals surface area contributed by atoms with Gasteiger partial charge in [-0.15, -0.1) is 0 Å². The minimum absolute atomic E-state index is 0.472. The highest BCUT2D eigenvalue weighted by molar-refractivity contribution is 5.33. The van der Waals surface area contributed by atoms with Crippen LogP contribution in [-0.2, 0) is 6.42 Å². The highest BCUT2D eigenvalue weighted by Gasteiger charge is 2.26. The fraction of sp³-hybridized carbons (Fsp3) is 0.471. The van der Waals surface area contributed by atoms with Crippen LogP contribution in [0, 0.1) is 0 Å². The molecule has 3 nitrogen and oxygen atoms in total. The molecule has 104 valence electrons. The van der Waals surface area contributed by atoms with E-state index in [1.807, 2.05) is 6.33 Å². The Hall–Kier alpha value is -1.61. The molecule has 1 saturated heterocycles. The van der Waals surface area contributed by atoms with E-state index in [9.17, 15) is 0 Å². The molecule has 1 aromatic heterocycles. The van der Waals surface area contributed by atoms with Crippen molar-refractivity contribution in [3.63, 3.8) is 0 Å². The Balaban J connectivity index is 1.74. The van der Waals surface area contributed by atoms with Gasteiger partial charge in [-0.2, -0.15) is 0 Å². The average Bonchev–Trinajstić information content (AvgIpc) is 3.17. The van der Waals surface area contributed by atoms with Crippen LogP contribution in [0.5, 0.6) is 0 Å². The molecule has 2 aliphatic rings. The summed E-state index contributed by atoms with van der Waals surface area (Å²) in [5.41, 5.74) is 4.38. The van der Waals surface area contributed by atoms with E-state index in [-0.39, 0.29) is 0 Å². The van der Waals surface area contributed by atoms with Crippen LogP contribution in [-0.4, -0.2) is 16.1 Å². The van der Waals surface area contributed by atoms with Gasteiger partial charge in [0.2, 0.25) is 0 Å². The lowest BCUT2D eigenvalue weighted by molar-refractivity contribution is 0.456. The molecule has 1 fully saturated rings. The lowest BCUT2D eigenvalue weighted by atomic mass is 9.87. The number of benzene rings is 1. The van der Waals surface area contributed by atoms with Crippen molar-refractivity contribution in [2.75, 3.05) is 6.54 Å². The van der Waals surface area contributed by atoms with Crippen LogP contribution >= 0.6 is 0 Å². The maximum Gasteiger partial charge on any atom is 0.0954 e. The normalized spacial score (nSPS) is 25.6. The monoisotopic (exact) mass is 267 g/mol. The van der Waals surface area contributed by atoms with Gasteiger partial charge in [-0.3, -0.25) is 0 Å². The van der Waals surface area contributed by atoms with Crippen molar-refractivity contribution in [3.05, 3.63) is 53.6 Å². The maximum atomic E-state index is 4.44. The first-order chi connectivity index (χ1) is 9.93. The summed E-state index contributed by atoms with van der Waals surface area (Å²) in [5, 5.41) is 3.60. The van der Waals surface area contributed by atoms with Gasteiger partial charge in [0, 0.05) is 12.2 Å². The number of aryl methyl sites for hydroxylation is 1. The maximum absolute atomic E-state index is 4.44. The van der Waals surface area contributed by atoms with Crippen molar-refractivity contribution in [3.8, 4) is 0 Å². The van der Waals surface area contributed by atoms with Crippen molar-refractivity contribution >= 4 is 0 Å². The predicted octanol–water partition coefficient (Wildman–Crippen LogP) is 3.23. The van der Waals surface area contributed by atoms with Crippen LogP contribution in [0.1, 0.15) is 54.6 Å². The number of hydrogen-bond acceptors (Lipinski definition) is 2. The fourth-order valence-electron chi connectivity index (χ4n) is 3.80. The van der Waals surface area contributed by atoms with E-state index in [1.165, 1.54) is 48.9 Å². The molecule has 3 heteroatoms. The molecular formula is C17H21N3. The number of rotatable bonds is 2. The number of nitrogens with one attached hydrogen (secondary N) is 1. The first-order valence-electron chi connectivity index (χ1n) is 7.76. The van der Waals surface area contributed by atoms with Crippen molar-refractivity contribution in [1.82, 2.24) is 14.9 Å². The SMILES string of the molecule is c1ccc2c(c1)CCCC2n1cncc1C1CCCN1. The van der Waals surface area contributed by atoms with Crippen LogP contribution in [0.4, 0.5) is 0 Å². The fourth-order valence-corrected chi connectivity index (χ4v) is 3.80. The Morgan fingerprint density at radius 1 is 1.15 bits per heavy atom. The summed E-state index contributed by atoms with van der Waals surface area (Å²) in [7, 11) is 0. The average molecular weight is 267 g/mol. The molecule has 4 rings (SSSR count). The second-order valence-corrected chi connectivity index (χ2v) is 5.98. The second-order valence-electron chi connectivity index (χ2n) is 5.98. The van der Waals surface area contributed by atoms with Gasteiger partial charge in [0.25, 0.3) is 0 Å². The summed E-state index contributed by atoms with van der Waals surface area (Å²) >= 11 is 0. The largest absolute Gasteiger partial charge is 0.326 e. The van der Waals surface area contributed by atoms with E-state index in [1.54, 1.807) is 0 Å². The van der Waals surface area contributed by atoms with Crippen LogP contribution in [0.25, 0.3) is 0 Å². The molecule has 20 heavy (non-hydrogen) atoms. The molecule has 0 bridgehead atoms. The third kappa shape index (κ3) is 1.97. The second kappa shape index (κ2) is 5.06. The molecule has 1 aliphatic carbocycles. The van der Waals surface area contributed by atoms with E-state index in [4.69, 9.17) is 0 Å². The highest BCUT2D eigenvalue weighted by atomic mass is 15.1. The van der Waals surface area contributed by atoms with Gasteiger partial charge in [-0.1, -0.05) is 24.3 Å². The summed E-state index contributed by atoms with van der Waals surface area (Å²) in [5.74, 6) is 0. The summed E-state index contributed by atoms with van der Waals surface area (Å²) < 4.78 is 2.42. The van der Waals surface area contributed by atoms with Gasteiger partial charge in [0.1, 0.15) is 0 Å². The Labute approximate surface area is 120 Å². The minimum Gasteiger partial charge on any atom is -0.326 e. The summed E-state index contributed by atoms with van der Waals surface area (Å²) in [4.78, 5) is 4.44. The van der Waals surface area contributed by atoms with Crippen molar-refractivity contribution < 1.29 is 0 Å². The van der Waals surface area contributed by atoms with Crippen LogP contribution in [0.2, 0.25) is 0 Å². The Bertz CT molecular complexity index is 596. The standard InChI is InChI=1S/C17H21N3/c1-2-7-14-13(5-1)6-3-9-16(14)20-12-18-11-17(20)15-8-4-10-19-15/h1-2,5,7,11-12,15-16,19H,3-4,6,8-10H2. The molecule has 0 spiro atoms. The third-order valence-electron chi connectivity index (χ3n) is 4.79. The van der Waals surface area contributed by atoms with Crippen molar-refractivity contribution in [2.45, 2.75) is 44.2 Å². The van der Waals surface area contributed by atoms with Crippen LogP contribution < -0.4 is 5.32 Å². The first kappa shape index (κ1) is 12.2. The molecule has 0 saturated carbocycles. The molecule has 1 N–H and O–H groups in total. The number of imidazole rings is 1. The third-order valence-corrected chi connectivity index (χ3v) is 4.79. The van der Waals surface area contributed by atoms with E-state index < -0.39 is 0 Å². The van der Waals surface area contributed by atoms with E-state index >= 15 is 0 Å². The topological polar surface area (TPSA) is 29.9 Å². The molecule has 2 atom stereocenters. The Kier molecular flexibility index (Phi) is 3.07. The predicted molar refractivity (Wildman–Crippen MR) is 79.7 cm³/mol. The Morgan fingerprint density at radius 2 is 2.10 bits per heavy atom. The van der Waals surface area contributed by atoms with Gasteiger partial charge in [0.15, 0.2) is 0 Å². The molecule has 0 radical (unpaired) electrons. The van der Waals surface area contributed by atoms with Crippen molar-refractivity contribution in [1.29, 1.82) is 0 Å². The summed E-state index contributed by atoms with van der Waals surface area (Å²) in [6, 6.07) is 9.87. The minimum atomic E-state index is 0.472. The van der Waals surface area contributed by atoms with Gasteiger partial charge in [-0.05, 0) is 49.8 Å². The molecule has 2 heterocycles. The first-order valence-corrected chi connectivity index (χ1v) is 7.76. The number of nitrogens with zero attached hydrogens (tertiary/aromatic N) is 2. The van der Waals surface area contributed by atoms with E-state index in [0.717, 1.165) is 6.54 Å². The molecule has 0 amide bonds. The molecule has 1 aliphatic heterocycles. The zero-order valence-corrected chi connectivity index (χ0v) is 11.8. The Morgan fingerprint density at radius 3 is 3.00 bits per heavy atom. The van der Waals surface area contributed by atoms with Gasteiger partial charge in [0.05, 0.1) is 18.1 Å². The number of aromatic nitrogens is 2. The van der Waals surface area contributed by atoms with Crippen LogP contribution in [0.15, 0.2) is 36.8 Å². The highest BCUT2D eigenvalue weighted by Crippen LogP contribution is 2.35. The quantitative estimate of drug-likeness (QED) is 0.905. The van der Waals surface area contributed by atoms with E-state index in [2.05, 4.69) is 45.3 Å². The summed E-state index contributed by atoms with van der Waals surface area (Å²) in [6.07, 6.45) is 10.3. The van der Waals surface area contributed by atoms with Crippen LogP contribution in [0.3, 0.4) is 0 Å². The zero-order valence-electron chi connectivity index (χ0n) is 11.8. The summed E-state index contributed by atoms with van der Waals surface area (Å²) in [6.45, 7) is 1.14. The molecular weight excluding hydrogens is 246 g/mol. The smallest absolute Gasteiger partial charge is 0.0954 e. The van der Waals surface area contributed by atoms with Gasteiger partial charge in [-0.25, -0.2) is 4.98 Å². The molecule has 2 aromatic rings. The van der Waals surface area contributed by atoms with E-state index in [0.29, 0.717) is 12.1 Å². The number of fused-ring (bicyclic) bond motifs is 1. The lowest BCUT2D eigenvalue weighted by Gasteiger charge is -2.29.